The summed E-state index contributed by atoms with van der Waals surface area (Å²) in [6.45, 7) is 9.94. The maximum Gasteiger partial charge on any atom is 0.251 e. The molecule has 2 aromatic carbocycles. The molecule has 1 aliphatic rings. The lowest BCUT2D eigenvalue weighted by Crippen LogP contribution is -2.38. The van der Waals surface area contributed by atoms with Crippen LogP contribution in [0.25, 0.3) is 0 Å². The number of hydrogen-bond donors (Lipinski definition) is 4. The van der Waals surface area contributed by atoms with E-state index < -0.39 is 23.7 Å². The van der Waals surface area contributed by atoms with Gasteiger partial charge in [0.05, 0.1) is 65.6 Å². The van der Waals surface area contributed by atoms with Gasteiger partial charge in [0.15, 0.2) is 5.82 Å². The van der Waals surface area contributed by atoms with Crippen LogP contribution in [-0.4, -0.2) is 108 Å². The quantitative estimate of drug-likeness (QED) is 0.125. The predicted molar refractivity (Wildman–Crippen MR) is 184 cm³/mol. The molecule has 1 aliphatic carbocycles. The lowest BCUT2D eigenvalue weighted by Gasteiger charge is -2.26. The number of aliphatic hydroxyl groups excluding tert-OH is 1. The van der Waals surface area contributed by atoms with Crippen molar-refractivity contribution in [2.75, 3.05) is 77.9 Å². The van der Waals surface area contributed by atoms with E-state index in [1.54, 1.807) is 31.2 Å². The Bertz CT molecular complexity index is 1340. The molecule has 4 N–H and O–H groups in total. The number of halogens is 1. The summed E-state index contributed by atoms with van der Waals surface area (Å²) < 4.78 is 48.3. The number of anilines is 1. The number of carbonyl (C=O) groups is 3. The average molecular weight is 706 g/mol. The monoisotopic (exact) mass is 705 g/mol. The van der Waals surface area contributed by atoms with Crippen LogP contribution in [0.15, 0.2) is 36.4 Å². The van der Waals surface area contributed by atoms with Gasteiger partial charge in [-0.1, -0.05) is 12.1 Å². The highest BCUT2D eigenvalue weighted by molar-refractivity contribution is 5.97. The second kappa shape index (κ2) is 22.9. The predicted octanol–water partition coefficient (Wildman–Crippen LogP) is 3.79. The molecule has 1 atom stereocenters. The van der Waals surface area contributed by atoms with Gasteiger partial charge in [-0.2, -0.15) is 0 Å². The first-order valence-corrected chi connectivity index (χ1v) is 17.2. The van der Waals surface area contributed by atoms with E-state index in [4.69, 9.17) is 28.4 Å². The van der Waals surface area contributed by atoms with Gasteiger partial charge in [-0.3, -0.25) is 14.4 Å². The van der Waals surface area contributed by atoms with E-state index in [2.05, 4.69) is 16.0 Å². The second-order valence-corrected chi connectivity index (χ2v) is 11.8. The minimum Gasteiger partial charge on any atom is -0.484 e. The summed E-state index contributed by atoms with van der Waals surface area (Å²) in [5.74, 6) is -2.15. The first kappa shape index (κ1) is 40.8. The fourth-order valence-electron chi connectivity index (χ4n) is 5.15. The van der Waals surface area contributed by atoms with Crippen molar-refractivity contribution in [2.45, 2.75) is 64.7 Å². The normalized spacial score (nSPS) is 16.4. The summed E-state index contributed by atoms with van der Waals surface area (Å²) in [6, 6.07) is 9.09. The molecule has 0 aromatic heterocycles. The van der Waals surface area contributed by atoms with Gasteiger partial charge in [-0.15, -0.1) is 0 Å². The van der Waals surface area contributed by atoms with Crippen molar-refractivity contribution in [1.82, 2.24) is 10.6 Å². The topological polar surface area (TPSA) is 163 Å². The SMILES string of the molecule is CCOCCOCCOCCOCCOCCNC(=O)c1cccc([C@H](C)Oc2cc(C(=O)NC3CCC(O)CC3)cc(F)c2NC(C)=O)c1. The maximum atomic E-state index is 15.2. The molecule has 278 valence electrons. The summed E-state index contributed by atoms with van der Waals surface area (Å²) in [5, 5.41) is 17.9. The smallest absolute Gasteiger partial charge is 0.251 e. The summed E-state index contributed by atoms with van der Waals surface area (Å²) in [4.78, 5) is 37.7. The largest absolute Gasteiger partial charge is 0.484 e. The number of nitrogens with one attached hydrogen (secondary N) is 3. The Morgan fingerprint density at radius 1 is 0.820 bits per heavy atom. The molecule has 50 heavy (non-hydrogen) atoms. The van der Waals surface area contributed by atoms with Crippen LogP contribution >= 0.6 is 0 Å². The number of carbonyl (C=O) groups excluding carboxylic acids is 3. The van der Waals surface area contributed by atoms with Gasteiger partial charge in [-0.05, 0) is 69.4 Å². The Morgan fingerprint density at radius 3 is 2.02 bits per heavy atom. The van der Waals surface area contributed by atoms with Gasteiger partial charge in [0.2, 0.25) is 5.91 Å². The zero-order valence-corrected chi connectivity index (χ0v) is 29.3. The Hall–Kier alpha value is -3.66. The summed E-state index contributed by atoms with van der Waals surface area (Å²) in [5.41, 5.74) is 0.852. The molecular formula is C36H52FN3O10. The Balaban J connectivity index is 1.43. The van der Waals surface area contributed by atoms with Gasteiger partial charge in [-0.25, -0.2) is 4.39 Å². The van der Waals surface area contributed by atoms with E-state index >= 15 is 4.39 Å². The molecule has 3 amide bonds. The third-order valence-electron chi connectivity index (χ3n) is 7.80. The first-order chi connectivity index (χ1) is 24.2. The van der Waals surface area contributed by atoms with Gasteiger partial charge in [0, 0.05) is 37.2 Å². The number of rotatable bonds is 23. The molecule has 0 radical (unpaired) electrons. The lowest BCUT2D eigenvalue weighted by atomic mass is 9.93. The van der Waals surface area contributed by atoms with Crippen molar-refractivity contribution in [1.29, 1.82) is 0 Å². The summed E-state index contributed by atoms with van der Waals surface area (Å²) in [7, 11) is 0. The molecule has 13 nitrogen and oxygen atoms in total. The van der Waals surface area contributed by atoms with Gasteiger partial charge >= 0.3 is 0 Å². The van der Waals surface area contributed by atoms with Crippen molar-refractivity contribution in [3.05, 3.63) is 58.9 Å². The third kappa shape index (κ3) is 15.1. The standard InChI is InChI=1S/C36H52FN3O10/c1-4-45-14-15-47-18-19-49-21-20-48-17-16-46-13-12-38-35(43)28-7-5-6-27(22-28)25(2)50-33-24-29(23-32(37)34(33)39-26(3)41)36(44)40-30-8-10-31(42)11-9-30/h5-7,22-25,30-31,42H,4,8-21H2,1-3H3,(H,38,43)(H,39,41)(H,40,44)/t25-,30?,31?/m0/s1. The van der Waals surface area contributed by atoms with E-state index in [0.717, 1.165) is 6.07 Å². The van der Waals surface area contributed by atoms with E-state index in [9.17, 15) is 19.5 Å². The first-order valence-electron chi connectivity index (χ1n) is 17.2. The molecule has 0 spiro atoms. The van der Waals surface area contributed by atoms with Crippen LogP contribution < -0.4 is 20.7 Å². The number of hydrogen-bond acceptors (Lipinski definition) is 10. The Kier molecular flexibility index (Phi) is 18.7. The molecule has 2 aromatic rings. The number of amides is 3. The molecule has 0 heterocycles. The lowest BCUT2D eigenvalue weighted by molar-refractivity contribution is -0.114. The van der Waals surface area contributed by atoms with Crippen LogP contribution in [-0.2, 0) is 28.5 Å². The van der Waals surface area contributed by atoms with E-state index in [-0.39, 0.29) is 41.6 Å². The van der Waals surface area contributed by atoms with E-state index in [1.165, 1.54) is 13.0 Å². The fraction of sp³-hybridized carbons (Fsp3) is 0.583. The zero-order chi connectivity index (χ0) is 36.1. The molecule has 0 saturated heterocycles. The highest BCUT2D eigenvalue weighted by atomic mass is 19.1. The molecular weight excluding hydrogens is 653 g/mol. The molecule has 3 rings (SSSR count). The Labute approximate surface area is 293 Å². The van der Waals surface area contributed by atoms with Crippen molar-refractivity contribution in [3.63, 3.8) is 0 Å². The van der Waals surface area contributed by atoms with Crippen molar-refractivity contribution in [2.24, 2.45) is 0 Å². The summed E-state index contributed by atoms with van der Waals surface area (Å²) in [6.07, 6.45) is 1.35. The highest BCUT2D eigenvalue weighted by Crippen LogP contribution is 2.34. The number of aliphatic hydroxyl groups is 1. The molecule has 1 fully saturated rings. The molecule has 1 saturated carbocycles. The van der Waals surface area contributed by atoms with Crippen molar-refractivity contribution in [3.8, 4) is 5.75 Å². The minimum absolute atomic E-state index is 0.0286. The average Bonchev–Trinajstić information content (AvgIpc) is 3.10. The van der Waals surface area contributed by atoms with Crippen LogP contribution in [0.1, 0.15) is 78.8 Å². The molecule has 14 heteroatoms. The minimum atomic E-state index is -0.823. The van der Waals surface area contributed by atoms with E-state index in [1.807, 2.05) is 6.92 Å². The second-order valence-electron chi connectivity index (χ2n) is 11.8. The molecule has 0 bridgehead atoms. The molecule has 0 unspecified atom stereocenters. The van der Waals surface area contributed by atoms with Gasteiger partial charge in [0.1, 0.15) is 17.5 Å². The number of benzene rings is 2. The van der Waals surface area contributed by atoms with Crippen molar-refractivity contribution >= 4 is 23.4 Å². The fourth-order valence-corrected chi connectivity index (χ4v) is 5.15. The molecule has 0 aliphatic heterocycles. The van der Waals surface area contributed by atoms with Crippen LogP contribution in [0.5, 0.6) is 5.75 Å². The van der Waals surface area contributed by atoms with Crippen LogP contribution in [0.3, 0.4) is 0 Å². The van der Waals surface area contributed by atoms with Gasteiger partial charge in [0.25, 0.3) is 11.8 Å². The summed E-state index contributed by atoms with van der Waals surface area (Å²) >= 11 is 0. The van der Waals surface area contributed by atoms with Gasteiger partial charge < -0.3 is 49.5 Å². The third-order valence-corrected chi connectivity index (χ3v) is 7.80. The van der Waals surface area contributed by atoms with E-state index in [0.29, 0.717) is 103 Å². The zero-order valence-electron chi connectivity index (χ0n) is 29.3. The van der Waals surface area contributed by atoms with Crippen LogP contribution in [0.2, 0.25) is 0 Å². The Morgan fingerprint density at radius 2 is 1.42 bits per heavy atom. The van der Waals surface area contributed by atoms with Crippen LogP contribution in [0.4, 0.5) is 10.1 Å². The van der Waals surface area contributed by atoms with Crippen molar-refractivity contribution < 1.29 is 52.3 Å². The highest BCUT2D eigenvalue weighted by Gasteiger charge is 2.24. The number of ether oxygens (including phenoxy) is 6. The van der Waals surface area contributed by atoms with Crippen LogP contribution in [0, 0.1) is 5.82 Å². The maximum absolute atomic E-state index is 15.2.